The molecule has 0 saturated carbocycles. The maximum Gasteiger partial charge on any atom is 0.209 e. The monoisotopic (exact) mass is 369 g/mol. The van der Waals surface area contributed by atoms with Crippen molar-refractivity contribution in [1.29, 1.82) is 5.26 Å². The minimum atomic E-state index is -0.321. The van der Waals surface area contributed by atoms with Crippen molar-refractivity contribution in [3.05, 3.63) is 54.6 Å². The van der Waals surface area contributed by atoms with E-state index in [4.69, 9.17) is 10.00 Å². The number of para-hydroxylation sites is 1. The number of guanidine groups is 1. The van der Waals surface area contributed by atoms with Crippen molar-refractivity contribution in [1.82, 2.24) is 15.6 Å². The van der Waals surface area contributed by atoms with Crippen LogP contribution in [-0.2, 0) is 0 Å². The minimum absolute atomic E-state index is 0.313. The van der Waals surface area contributed by atoms with E-state index in [1.54, 1.807) is 42.7 Å². The van der Waals surface area contributed by atoms with E-state index >= 15 is 0 Å². The van der Waals surface area contributed by atoms with Crippen LogP contribution in [0.4, 0.5) is 10.1 Å². The van der Waals surface area contributed by atoms with Crippen LogP contribution in [0.25, 0.3) is 0 Å². The first-order valence-corrected chi connectivity index (χ1v) is 9.04. The molecule has 0 saturated heterocycles. The summed E-state index contributed by atoms with van der Waals surface area (Å²) in [5.74, 6) is 0.425. The van der Waals surface area contributed by atoms with Crippen molar-refractivity contribution < 1.29 is 9.13 Å². The van der Waals surface area contributed by atoms with Gasteiger partial charge in [-0.25, -0.2) is 9.38 Å². The van der Waals surface area contributed by atoms with Crippen LogP contribution in [0.15, 0.2) is 53.8 Å². The topological polar surface area (TPSA) is 82.3 Å². The molecule has 1 aromatic heterocycles. The quantitative estimate of drug-likeness (QED) is 0.218. The zero-order valence-electron chi connectivity index (χ0n) is 15.2. The largest absolute Gasteiger partial charge is 0.491 e. The van der Waals surface area contributed by atoms with Crippen molar-refractivity contribution in [2.75, 3.05) is 13.2 Å². The van der Waals surface area contributed by atoms with Gasteiger partial charge in [0.1, 0.15) is 0 Å². The lowest BCUT2D eigenvalue weighted by Gasteiger charge is -2.08. The van der Waals surface area contributed by atoms with Crippen LogP contribution >= 0.6 is 0 Å². The Morgan fingerprint density at radius 3 is 2.59 bits per heavy atom. The third kappa shape index (κ3) is 8.19. The molecule has 0 fully saturated rings. The number of aromatic nitrogens is 1. The van der Waals surface area contributed by atoms with E-state index in [2.05, 4.69) is 20.6 Å². The number of nitrogens with zero attached hydrogens (tertiary/aromatic N) is 3. The Labute approximate surface area is 159 Å². The number of pyridine rings is 1. The molecule has 1 aromatic carbocycles. The predicted octanol–water partition coefficient (Wildman–Crippen LogP) is 3.90. The molecule has 0 amide bonds. The van der Waals surface area contributed by atoms with Gasteiger partial charge in [0.05, 0.1) is 12.3 Å². The Morgan fingerprint density at radius 1 is 1.07 bits per heavy atom. The van der Waals surface area contributed by atoms with Gasteiger partial charge < -0.3 is 10.1 Å². The highest BCUT2D eigenvalue weighted by Crippen LogP contribution is 2.16. The SMILES string of the molecule is N#CN/C(=N\c1ccncc1)NCCCCCCCOc1ccccc1F. The van der Waals surface area contributed by atoms with E-state index in [-0.39, 0.29) is 5.82 Å². The first-order chi connectivity index (χ1) is 13.3. The van der Waals surface area contributed by atoms with Crippen LogP contribution in [0, 0.1) is 17.3 Å². The Kier molecular flexibility index (Phi) is 9.15. The summed E-state index contributed by atoms with van der Waals surface area (Å²) < 4.78 is 18.8. The highest BCUT2D eigenvalue weighted by molar-refractivity contribution is 5.83. The fourth-order valence-corrected chi connectivity index (χ4v) is 2.42. The molecule has 0 bridgehead atoms. The summed E-state index contributed by atoms with van der Waals surface area (Å²) in [5.41, 5.74) is 0.727. The second-order valence-corrected chi connectivity index (χ2v) is 5.88. The summed E-state index contributed by atoms with van der Waals surface area (Å²) in [7, 11) is 0. The van der Waals surface area contributed by atoms with Gasteiger partial charge in [0, 0.05) is 18.9 Å². The predicted molar refractivity (Wildman–Crippen MR) is 103 cm³/mol. The molecule has 0 spiro atoms. The fraction of sp³-hybridized carbons (Fsp3) is 0.350. The lowest BCUT2D eigenvalue weighted by molar-refractivity contribution is 0.290. The third-order valence-electron chi connectivity index (χ3n) is 3.79. The number of nitriles is 1. The number of halogens is 1. The first-order valence-electron chi connectivity index (χ1n) is 9.04. The summed E-state index contributed by atoms with van der Waals surface area (Å²) in [6, 6.07) is 9.99. The molecule has 0 aliphatic heterocycles. The first kappa shape index (κ1) is 20.2. The second kappa shape index (κ2) is 12.3. The second-order valence-electron chi connectivity index (χ2n) is 5.88. The molecule has 0 atom stereocenters. The molecule has 1 heterocycles. The lowest BCUT2D eigenvalue weighted by Crippen LogP contribution is -2.34. The van der Waals surface area contributed by atoms with Crippen LogP contribution in [-0.4, -0.2) is 24.1 Å². The minimum Gasteiger partial charge on any atom is -0.491 e. The van der Waals surface area contributed by atoms with Crippen molar-refractivity contribution >= 4 is 11.6 Å². The number of benzene rings is 1. The maximum absolute atomic E-state index is 13.4. The number of unbranched alkanes of at least 4 members (excludes halogenated alkanes) is 4. The van der Waals surface area contributed by atoms with Crippen LogP contribution in [0.3, 0.4) is 0 Å². The summed E-state index contributed by atoms with van der Waals surface area (Å²) >= 11 is 0. The highest BCUT2D eigenvalue weighted by Gasteiger charge is 2.01. The van der Waals surface area contributed by atoms with Gasteiger partial charge in [-0.2, -0.15) is 5.26 Å². The van der Waals surface area contributed by atoms with Gasteiger partial charge in [-0.1, -0.05) is 31.4 Å². The number of aliphatic imine (C=N–C) groups is 1. The van der Waals surface area contributed by atoms with Gasteiger partial charge >= 0.3 is 0 Å². The fourth-order valence-electron chi connectivity index (χ4n) is 2.42. The molecular weight excluding hydrogens is 345 g/mol. The Hall–Kier alpha value is -3.14. The third-order valence-corrected chi connectivity index (χ3v) is 3.79. The lowest BCUT2D eigenvalue weighted by atomic mass is 10.1. The van der Waals surface area contributed by atoms with Gasteiger partial charge in [-0.15, -0.1) is 0 Å². The molecule has 2 N–H and O–H groups in total. The Bertz CT molecular complexity index is 746. The Balaban J connectivity index is 1.55. The van der Waals surface area contributed by atoms with Gasteiger partial charge in [0.2, 0.25) is 5.96 Å². The molecule has 6 nitrogen and oxygen atoms in total. The molecule has 0 aliphatic rings. The molecule has 27 heavy (non-hydrogen) atoms. The summed E-state index contributed by atoms with van der Waals surface area (Å²) in [5, 5.41) is 14.5. The standard InChI is InChI=1S/C20H24FN5O/c21-18-8-4-5-9-19(18)27-15-7-3-1-2-6-12-24-20(25-16-22)26-17-10-13-23-14-11-17/h4-5,8-11,13-14H,1-3,6-7,12,15H2,(H2,23,24,25,26). The molecule has 0 aliphatic carbocycles. The van der Waals surface area contributed by atoms with E-state index in [0.717, 1.165) is 44.3 Å². The molecule has 2 rings (SSSR count). The van der Waals surface area contributed by atoms with Crippen LogP contribution in [0.1, 0.15) is 32.1 Å². The summed E-state index contributed by atoms with van der Waals surface area (Å²) in [6.45, 7) is 1.25. The van der Waals surface area contributed by atoms with Crippen LogP contribution in [0.2, 0.25) is 0 Å². The zero-order valence-corrected chi connectivity index (χ0v) is 15.2. The number of rotatable bonds is 10. The van der Waals surface area contributed by atoms with Crippen LogP contribution < -0.4 is 15.4 Å². The van der Waals surface area contributed by atoms with E-state index < -0.39 is 0 Å². The Morgan fingerprint density at radius 2 is 1.81 bits per heavy atom. The van der Waals surface area contributed by atoms with Gasteiger partial charge in [-0.3, -0.25) is 10.3 Å². The molecule has 2 aromatic rings. The number of hydrogen-bond acceptors (Lipinski definition) is 4. The number of hydrogen-bond donors (Lipinski definition) is 2. The van der Waals surface area contributed by atoms with Crippen molar-refractivity contribution in [2.24, 2.45) is 4.99 Å². The average Bonchev–Trinajstić information content (AvgIpc) is 2.69. The number of nitrogens with one attached hydrogen (secondary N) is 2. The highest BCUT2D eigenvalue weighted by atomic mass is 19.1. The van der Waals surface area contributed by atoms with Crippen molar-refractivity contribution in [3.8, 4) is 11.9 Å². The van der Waals surface area contributed by atoms with E-state index in [1.165, 1.54) is 6.07 Å². The zero-order chi connectivity index (χ0) is 19.2. The molecule has 7 heteroatoms. The van der Waals surface area contributed by atoms with E-state index in [1.807, 2.05) is 6.19 Å². The smallest absolute Gasteiger partial charge is 0.209 e. The molecular formula is C20H24FN5O. The van der Waals surface area contributed by atoms with Crippen molar-refractivity contribution in [3.63, 3.8) is 0 Å². The maximum atomic E-state index is 13.4. The van der Waals surface area contributed by atoms with E-state index in [9.17, 15) is 4.39 Å². The van der Waals surface area contributed by atoms with Gasteiger partial charge in [0.25, 0.3) is 0 Å². The van der Waals surface area contributed by atoms with Crippen LogP contribution in [0.5, 0.6) is 5.75 Å². The summed E-state index contributed by atoms with van der Waals surface area (Å²) in [4.78, 5) is 8.26. The molecule has 0 radical (unpaired) electrons. The van der Waals surface area contributed by atoms with Crippen molar-refractivity contribution in [2.45, 2.75) is 32.1 Å². The normalized spacial score (nSPS) is 10.9. The average molecular weight is 369 g/mol. The van der Waals surface area contributed by atoms with Gasteiger partial charge in [-0.05, 0) is 37.1 Å². The molecule has 142 valence electrons. The number of ether oxygens (including phenoxy) is 1. The van der Waals surface area contributed by atoms with Gasteiger partial charge in [0.15, 0.2) is 17.8 Å². The summed E-state index contributed by atoms with van der Waals surface area (Å²) in [6.07, 6.45) is 10.2. The molecule has 0 unspecified atom stereocenters. The van der Waals surface area contributed by atoms with E-state index in [0.29, 0.717) is 18.3 Å².